The van der Waals surface area contributed by atoms with Crippen molar-refractivity contribution < 1.29 is 15.0 Å². The van der Waals surface area contributed by atoms with E-state index in [1.54, 1.807) is 25.1 Å². The van der Waals surface area contributed by atoms with Crippen LogP contribution in [-0.4, -0.2) is 38.3 Å². The predicted octanol–water partition coefficient (Wildman–Crippen LogP) is 3.45. The number of aromatic nitrogens is 2. The van der Waals surface area contributed by atoms with Gasteiger partial charge in [0.2, 0.25) is 0 Å². The molecule has 0 unspecified atom stereocenters. The fourth-order valence-electron chi connectivity index (χ4n) is 3.99. The first-order valence-electron chi connectivity index (χ1n) is 10.8. The summed E-state index contributed by atoms with van der Waals surface area (Å²) in [6.07, 6.45) is -0.623. The van der Waals surface area contributed by atoms with Crippen LogP contribution in [0.15, 0.2) is 78.9 Å². The van der Waals surface area contributed by atoms with E-state index in [4.69, 9.17) is 4.98 Å². The Bertz CT molecular complexity index is 1180. The third-order valence-electron chi connectivity index (χ3n) is 5.59. The van der Waals surface area contributed by atoms with E-state index in [1.807, 2.05) is 72.2 Å². The third-order valence-corrected chi connectivity index (χ3v) is 5.59. The molecule has 3 aromatic carbocycles. The van der Waals surface area contributed by atoms with Gasteiger partial charge >= 0.3 is 0 Å². The van der Waals surface area contributed by atoms with Gasteiger partial charge < -0.3 is 20.1 Å². The number of nitrogens with zero attached hydrogens (tertiary/aromatic N) is 2. The van der Waals surface area contributed by atoms with E-state index in [0.717, 1.165) is 5.52 Å². The number of carbonyl (C=O) groups excluding carboxylic acids is 1. The average Bonchev–Trinajstić information content (AvgIpc) is 3.21. The molecular weight excluding hydrogens is 402 g/mol. The van der Waals surface area contributed by atoms with Crippen molar-refractivity contribution in [1.82, 2.24) is 14.9 Å². The van der Waals surface area contributed by atoms with E-state index >= 15 is 0 Å². The summed E-state index contributed by atoms with van der Waals surface area (Å²) in [5, 5.41) is 24.3. The fraction of sp³-hybridized carbons (Fsp3) is 0.231. The van der Waals surface area contributed by atoms with Gasteiger partial charge in [-0.1, -0.05) is 60.7 Å². The molecule has 0 spiro atoms. The maximum absolute atomic E-state index is 12.5. The van der Waals surface area contributed by atoms with Gasteiger partial charge in [-0.3, -0.25) is 4.79 Å². The lowest BCUT2D eigenvalue weighted by Crippen LogP contribution is -2.32. The summed E-state index contributed by atoms with van der Waals surface area (Å²) in [4.78, 5) is 17.4. The molecule has 0 aliphatic heterocycles. The van der Waals surface area contributed by atoms with Crippen LogP contribution in [0.5, 0.6) is 0 Å². The van der Waals surface area contributed by atoms with Gasteiger partial charge in [-0.15, -0.1) is 0 Å². The minimum atomic E-state index is -1.47. The summed E-state index contributed by atoms with van der Waals surface area (Å²) in [5.74, 6) is 0.230. The quantitative estimate of drug-likeness (QED) is 0.420. The Hall–Kier alpha value is -3.48. The van der Waals surface area contributed by atoms with E-state index < -0.39 is 11.7 Å². The Morgan fingerprint density at radius 2 is 1.62 bits per heavy atom. The molecule has 164 valence electrons. The molecule has 0 saturated heterocycles. The molecule has 1 heterocycles. The first kappa shape index (κ1) is 21.7. The van der Waals surface area contributed by atoms with E-state index in [1.165, 1.54) is 0 Å². The van der Waals surface area contributed by atoms with Crippen molar-refractivity contribution in [3.8, 4) is 0 Å². The second-order valence-corrected chi connectivity index (χ2v) is 7.88. The predicted molar refractivity (Wildman–Crippen MR) is 124 cm³/mol. The van der Waals surface area contributed by atoms with E-state index in [-0.39, 0.29) is 12.5 Å². The molecule has 3 N–H and O–H groups in total. The maximum Gasteiger partial charge on any atom is 0.251 e. The summed E-state index contributed by atoms with van der Waals surface area (Å²) in [5.41, 5.74) is 1.89. The molecule has 0 aliphatic rings. The summed E-state index contributed by atoms with van der Waals surface area (Å²) in [6.45, 7) is 4.35. The molecule has 0 bridgehead atoms. The standard InChI is InChI=1S/C26H27N3O3/c1-3-29-23-16-19(24(31)27-17-18(2)30)14-15-22(23)28-25(29)26(32,20-10-6-4-7-11-20)21-12-8-5-9-13-21/h4-16,18,30,32H,3,17H2,1-2H3,(H,27,31)/t18-/m0/s1. The number of aliphatic hydroxyl groups excluding tert-OH is 1. The molecule has 6 nitrogen and oxygen atoms in total. The Morgan fingerprint density at radius 1 is 1.03 bits per heavy atom. The van der Waals surface area contributed by atoms with E-state index in [0.29, 0.717) is 34.6 Å². The third kappa shape index (κ3) is 3.90. The van der Waals surface area contributed by atoms with Crippen LogP contribution in [0.25, 0.3) is 11.0 Å². The van der Waals surface area contributed by atoms with Crippen LogP contribution in [0.4, 0.5) is 0 Å². The van der Waals surface area contributed by atoms with Crippen molar-refractivity contribution in [2.75, 3.05) is 6.54 Å². The molecule has 1 amide bonds. The maximum atomic E-state index is 12.5. The van der Waals surface area contributed by atoms with E-state index in [2.05, 4.69) is 5.32 Å². The van der Waals surface area contributed by atoms with Gasteiger partial charge in [0.25, 0.3) is 5.91 Å². The van der Waals surface area contributed by atoms with Crippen molar-refractivity contribution in [2.45, 2.75) is 32.1 Å². The van der Waals surface area contributed by atoms with Gasteiger partial charge in [-0.2, -0.15) is 0 Å². The Labute approximate surface area is 187 Å². The largest absolute Gasteiger partial charge is 0.392 e. The number of fused-ring (bicyclic) bond motifs is 1. The Morgan fingerprint density at radius 3 is 2.16 bits per heavy atom. The number of hydrogen-bond acceptors (Lipinski definition) is 4. The first-order valence-corrected chi connectivity index (χ1v) is 10.8. The lowest BCUT2D eigenvalue weighted by atomic mass is 9.85. The highest BCUT2D eigenvalue weighted by Gasteiger charge is 2.38. The topological polar surface area (TPSA) is 87.4 Å². The zero-order valence-electron chi connectivity index (χ0n) is 18.2. The van der Waals surface area contributed by atoms with Crippen molar-refractivity contribution in [1.29, 1.82) is 0 Å². The van der Waals surface area contributed by atoms with Crippen molar-refractivity contribution in [3.63, 3.8) is 0 Å². The number of aryl methyl sites for hydroxylation is 1. The molecule has 32 heavy (non-hydrogen) atoms. The average molecular weight is 430 g/mol. The number of carbonyl (C=O) groups is 1. The SMILES string of the molecule is CCn1c(C(O)(c2ccccc2)c2ccccc2)nc2ccc(C(=O)NC[C@H](C)O)cc21. The van der Waals surface area contributed by atoms with Gasteiger partial charge in [0.05, 0.1) is 17.1 Å². The summed E-state index contributed by atoms with van der Waals surface area (Å²) in [6, 6.07) is 24.2. The molecule has 0 fully saturated rings. The number of imidazole rings is 1. The molecular formula is C26H27N3O3. The van der Waals surface area contributed by atoms with Gasteiger partial charge in [-0.25, -0.2) is 4.98 Å². The first-order chi connectivity index (χ1) is 15.4. The second-order valence-electron chi connectivity index (χ2n) is 7.88. The Kier molecular flexibility index (Phi) is 6.08. The molecule has 1 atom stereocenters. The van der Waals surface area contributed by atoms with Gasteiger partial charge in [0.1, 0.15) is 0 Å². The van der Waals surface area contributed by atoms with Crippen LogP contribution in [-0.2, 0) is 12.1 Å². The number of benzene rings is 3. The van der Waals surface area contributed by atoms with Crippen LogP contribution >= 0.6 is 0 Å². The molecule has 0 aliphatic carbocycles. The molecule has 6 heteroatoms. The highest BCUT2D eigenvalue weighted by molar-refractivity contribution is 5.97. The van der Waals surface area contributed by atoms with Gasteiger partial charge in [-0.05, 0) is 43.2 Å². The number of nitrogens with one attached hydrogen (secondary N) is 1. The smallest absolute Gasteiger partial charge is 0.251 e. The lowest BCUT2D eigenvalue weighted by molar-refractivity contribution is 0.0924. The van der Waals surface area contributed by atoms with Gasteiger partial charge in [0, 0.05) is 18.7 Å². The zero-order chi connectivity index (χ0) is 22.7. The molecule has 0 radical (unpaired) electrons. The monoisotopic (exact) mass is 429 g/mol. The summed E-state index contributed by atoms with van der Waals surface area (Å²) < 4.78 is 1.95. The molecule has 4 rings (SSSR count). The number of aliphatic hydroxyl groups is 2. The van der Waals surface area contributed by atoms with Crippen LogP contribution in [0, 0.1) is 0 Å². The van der Waals surface area contributed by atoms with Gasteiger partial charge in [0.15, 0.2) is 11.4 Å². The van der Waals surface area contributed by atoms with Crippen LogP contribution in [0.3, 0.4) is 0 Å². The van der Waals surface area contributed by atoms with E-state index in [9.17, 15) is 15.0 Å². The molecule has 4 aromatic rings. The molecule has 0 saturated carbocycles. The van der Waals surface area contributed by atoms with Crippen LogP contribution in [0.1, 0.15) is 41.2 Å². The normalized spacial score (nSPS) is 12.6. The van der Waals surface area contributed by atoms with Crippen molar-refractivity contribution in [3.05, 3.63) is 101 Å². The summed E-state index contributed by atoms with van der Waals surface area (Å²) >= 11 is 0. The number of rotatable bonds is 7. The van der Waals surface area contributed by atoms with Crippen LogP contribution < -0.4 is 5.32 Å². The summed E-state index contributed by atoms with van der Waals surface area (Å²) in [7, 11) is 0. The van der Waals surface area contributed by atoms with Crippen molar-refractivity contribution in [2.24, 2.45) is 0 Å². The molecule has 1 aromatic heterocycles. The Balaban J connectivity index is 1.89. The minimum absolute atomic E-state index is 0.178. The van der Waals surface area contributed by atoms with Crippen molar-refractivity contribution >= 4 is 16.9 Å². The highest BCUT2D eigenvalue weighted by Crippen LogP contribution is 2.37. The second kappa shape index (κ2) is 8.94. The van der Waals surface area contributed by atoms with Crippen LogP contribution in [0.2, 0.25) is 0 Å². The highest BCUT2D eigenvalue weighted by atomic mass is 16.3. The lowest BCUT2D eigenvalue weighted by Gasteiger charge is -2.29. The number of amides is 1. The number of hydrogen-bond donors (Lipinski definition) is 3. The fourth-order valence-corrected chi connectivity index (χ4v) is 3.99. The minimum Gasteiger partial charge on any atom is -0.392 e. The zero-order valence-corrected chi connectivity index (χ0v) is 18.2.